The van der Waals surface area contributed by atoms with E-state index in [1.807, 2.05) is 20.8 Å². The van der Waals surface area contributed by atoms with Crippen LogP contribution in [-0.4, -0.2) is 29.1 Å². The molecule has 0 aliphatic heterocycles. The highest BCUT2D eigenvalue weighted by atomic mass is 19.4. The summed E-state index contributed by atoms with van der Waals surface area (Å²) in [5.74, 6) is 0. The van der Waals surface area contributed by atoms with E-state index >= 15 is 0 Å². The van der Waals surface area contributed by atoms with E-state index in [9.17, 15) is 13.2 Å². The molecule has 104 valence electrons. The molecule has 0 saturated heterocycles. The minimum atomic E-state index is -4.30. The highest BCUT2D eigenvalue weighted by Crippen LogP contribution is 2.16. The zero-order valence-electron chi connectivity index (χ0n) is 10.8. The summed E-state index contributed by atoms with van der Waals surface area (Å²) in [6, 6.07) is 0. The van der Waals surface area contributed by atoms with Crippen LogP contribution in [0.1, 0.15) is 23.9 Å². The maximum Gasteiger partial charge on any atom is 0.411 e. The van der Waals surface area contributed by atoms with E-state index < -0.39 is 12.8 Å². The van der Waals surface area contributed by atoms with Crippen LogP contribution < -0.4 is 5.32 Å². The Bertz CT molecular complexity index is 388. The van der Waals surface area contributed by atoms with Gasteiger partial charge in [-0.3, -0.25) is 0 Å². The van der Waals surface area contributed by atoms with Gasteiger partial charge in [0.05, 0.1) is 5.69 Å². The molecule has 0 radical (unpaired) electrons. The van der Waals surface area contributed by atoms with Crippen molar-refractivity contribution in [2.24, 2.45) is 0 Å². The number of halogens is 3. The monoisotopic (exact) mass is 265 g/mol. The number of aromatic nitrogens is 2. The first kappa shape index (κ1) is 15.0. The molecule has 0 aliphatic rings. The smallest absolute Gasteiger partial charge is 0.350 e. The van der Waals surface area contributed by atoms with Crippen LogP contribution in [0.25, 0.3) is 0 Å². The Morgan fingerprint density at radius 3 is 2.56 bits per heavy atom. The Labute approximate surface area is 104 Å². The summed E-state index contributed by atoms with van der Waals surface area (Å²) in [6.45, 7) is 5.69. The second-order valence-corrected chi connectivity index (χ2v) is 4.02. The first-order valence-corrected chi connectivity index (χ1v) is 5.73. The molecule has 1 aromatic rings. The van der Waals surface area contributed by atoms with Gasteiger partial charge in [-0.25, -0.2) is 4.68 Å². The van der Waals surface area contributed by atoms with E-state index in [-0.39, 0.29) is 6.73 Å². The standard InChI is InChI=1S/C11H18F3N3O/c1-4-15-5-10-8(2)16-17(9(10)3)7-18-6-11(12,13)14/h15H,4-7H2,1-3H3. The lowest BCUT2D eigenvalue weighted by molar-refractivity contribution is -0.182. The van der Waals surface area contributed by atoms with Crippen LogP contribution in [0.2, 0.25) is 0 Å². The second-order valence-electron chi connectivity index (χ2n) is 4.02. The molecule has 0 saturated carbocycles. The lowest BCUT2D eigenvalue weighted by Crippen LogP contribution is -2.19. The largest absolute Gasteiger partial charge is 0.411 e. The van der Waals surface area contributed by atoms with E-state index in [4.69, 9.17) is 0 Å². The van der Waals surface area contributed by atoms with Crippen molar-refractivity contribution in [1.29, 1.82) is 0 Å². The fourth-order valence-corrected chi connectivity index (χ4v) is 1.61. The molecule has 0 aromatic carbocycles. The number of hydrogen-bond acceptors (Lipinski definition) is 3. The van der Waals surface area contributed by atoms with Crippen LogP contribution in [-0.2, 0) is 18.0 Å². The first-order chi connectivity index (χ1) is 8.35. The van der Waals surface area contributed by atoms with Crippen molar-refractivity contribution in [1.82, 2.24) is 15.1 Å². The Morgan fingerprint density at radius 2 is 2.00 bits per heavy atom. The summed E-state index contributed by atoms with van der Waals surface area (Å²) in [5, 5.41) is 7.33. The molecule has 0 amide bonds. The van der Waals surface area contributed by atoms with Crippen molar-refractivity contribution >= 4 is 0 Å². The third-order valence-electron chi connectivity index (χ3n) is 2.56. The fraction of sp³-hybridized carbons (Fsp3) is 0.727. The van der Waals surface area contributed by atoms with Crippen molar-refractivity contribution in [2.75, 3.05) is 13.2 Å². The van der Waals surface area contributed by atoms with Crippen molar-refractivity contribution in [3.8, 4) is 0 Å². The van der Waals surface area contributed by atoms with Crippen molar-refractivity contribution in [3.63, 3.8) is 0 Å². The molecule has 0 spiro atoms. The zero-order chi connectivity index (χ0) is 13.8. The van der Waals surface area contributed by atoms with E-state index in [0.29, 0.717) is 6.54 Å². The zero-order valence-corrected chi connectivity index (χ0v) is 10.8. The van der Waals surface area contributed by atoms with Crippen molar-refractivity contribution < 1.29 is 17.9 Å². The van der Waals surface area contributed by atoms with Gasteiger partial charge in [0.2, 0.25) is 0 Å². The Balaban J connectivity index is 2.61. The van der Waals surface area contributed by atoms with E-state index in [1.165, 1.54) is 4.68 Å². The number of ether oxygens (including phenoxy) is 1. The van der Waals surface area contributed by atoms with Crippen LogP contribution in [0.4, 0.5) is 13.2 Å². The van der Waals surface area contributed by atoms with E-state index in [0.717, 1.165) is 23.5 Å². The average Bonchev–Trinajstić information content (AvgIpc) is 2.51. The highest BCUT2D eigenvalue weighted by molar-refractivity contribution is 5.24. The SMILES string of the molecule is CCNCc1c(C)nn(COCC(F)(F)F)c1C. The number of nitrogens with one attached hydrogen (secondary N) is 1. The first-order valence-electron chi connectivity index (χ1n) is 5.73. The quantitative estimate of drug-likeness (QED) is 0.856. The Morgan fingerprint density at radius 1 is 1.33 bits per heavy atom. The van der Waals surface area contributed by atoms with Crippen molar-refractivity contribution in [2.45, 2.75) is 40.2 Å². The van der Waals surface area contributed by atoms with Crippen LogP contribution in [0.3, 0.4) is 0 Å². The predicted octanol–water partition coefficient (Wildman–Crippen LogP) is 2.15. The molecule has 4 nitrogen and oxygen atoms in total. The van der Waals surface area contributed by atoms with Gasteiger partial charge in [0.25, 0.3) is 0 Å². The number of rotatable bonds is 6. The average molecular weight is 265 g/mol. The van der Waals surface area contributed by atoms with Gasteiger partial charge in [-0.15, -0.1) is 0 Å². The molecule has 7 heteroatoms. The van der Waals surface area contributed by atoms with Gasteiger partial charge in [0, 0.05) is 17.8 Å². The van der Waals surface area contributed by atoms with E-state index in [1.54, 1.807) is 0 Å². The van der Waals surface area contributed by atoms with Gasteiger partial charge in [-0.2, -0.15) is 18.3 Å². The Kier molecular flexibility index (Phi) is 5.15. The van der Waals surface area contributed by atoms with Gasteiger partial charge in [0.15, 0.2) is 0 Å². The maximum absolute atomic E-state index is 11.9. The molecule has 0 atom stereocenters. The highest BCUT2D eigenvalue weighted by Gasteiger charge is 2.27. The molecule has 0 aliphatic carbocycles. The molecule has 1 rings (SSSR count). The third kappa shape index (κ3) is 4.30. The van der Waals surface area contributed by atoms with Gasteiger partial charge >= 0.3 is 6.18 Å². The molecule has 1 heterocycles. The summed E-state index contributed by atoms with van der Waals surface area (Å²) in [5.41, 5.74) is 2.65. The summed E-state index contributed by atoms with van der Waals surface area (Å²) < 4.78 is 41.9. The summed E-state index contributed by atoms with van der Waals surface area (Å²) in [7, 11) is 0. The lowest BCUT2D eigenvalue weighted by Gasteiger charge is -2.09. The van der Waals surface area contributed by atoms with Crippen LogP contribution in [0.5, 0.6) is 0 Å². The minimum absolute atomic E-state index is 0.182. The minimum Gasteiger partial charge on any atom is -0.350 e. The maximum atomic E-state index is 11.9. The van der Waals surface area contributed by atoms with Crippen molar-refractivity contribution in [3.05, 3.63) is 17.0 Å². The molecule has 18 heavy (non-hydrogen) atoms. The van der Waals surface area contributed by atoms with Crippen LogP contribution >= 0.6 is 0 Å². The summed E-state index contributed by atoms with van der Waals surface area (Å²) >= 11 is 0. The normalized spacial score (nSPS) is 12.1. The van der Waals surface area contributed by atoms with Gasteiger partial charge in [-0.1, -0.05) is 6.92 Å². The topological polar surface area (TPSA) is 39.1 Å². The van der Waals surface area contributed by atoms with Crippen LogP contribution in [0, 0.1) is 13.8 Å². The predicted molar refractivity (Wildman–Crippen MR) is 61.1 cm³/mol. The number of aryl methyl sites for hydroxylation is 1. The molecule has 1 aromatic heterocycles. The Hall–Kier alpha value is -1.08. The van der Waals surface area contributed by atoms with Gasteiger partial charge in [-0.05, 0) is 20.4 Å². The fourth-order valence-electron chi connectivity index (χ4n) is 1.61. The summed E-state index contributed by atoms with van der Waals surface area (Å²) in [4.78, 5) is 0. The number of hydrogen-bond donors (Lipinski definition) is 1. The molecule has 1 N–H and O–H groups in total. The number of nitrogens with zero attached hydrogens (tertiary/aromatic N) is 2. The van der Waals surface area contributed by atoms with Gasteiger partial charge in [0.1, 0.15) is 13.3 Å². The van der Waals surface area contributed by atoms with Crippen LogP contribution in [0.15, 0.2) is 0 Å². The third-order valence-corrected chi connectivity index (χ3v) is 2.56. The molecular weight excluding hydrogens is 247 g/mol. The second kappa shape index (κ2) is 6.19. The number of alkyl halides is 3. The molecular formula is C11H18F3N3O. The van der Waals surface area contributed by atoms with Gasteiger partial charge < -0.3 is 10.1 Å². The van der Waals surface area contributed by atoms with E-state index in [2.05, 4.69) is 15.2 Å². The molecule has 0 unspecified atom stereocenters. The molecule has 0 fully saturated rings. The lowest BCUT2D eigenvalue weighted by atomic mass is 10.2. The summed E-state index contributed by atoms with van der Waals surface area (Å²) in [6.07, 6.45) is -4.30. The molecule has 0 bridgehead atoms.